The smallest absolute Gasteiger partial charge is 0.101 e. The molecule has 0 unspecified atom stereocenters. The van der Waals surface area contributed by atoms with Gasteiger partial charge in [0.25, 0.3) is 0 Å². The Bertz CT molecular complexity index is 2760. The van der Waals surface area contributed by atoms with Crippen LogP contribution in [0, 0.1) is 34.0 Å². The molecule has 0 saturated heterocycles. The third-order valence-corrected chi connectivity index (χ3v) is 10.2. The summed E-state index contributed by atoms with van der Waals surface area (Å²) >= 11 is 0. The quantitative estimate of drug-likeness (QED) is 0.190. The van der Waals surface area contributed by atoms with Crippen LogP contribution in [0.2, 0.25) is 0 Å². The molecule has 1 aliphatic heterocycles. The van der Waals surface area contributed by atoms with Gasteiger partial charge < -0.3 is 9.47 Å². The Morgan fingerprint density at radius 1 is 0.569 bits per heavy atom. The van der Waals surface area contributed by atoms with Gasteiger partial charge in [-0.2, -0.15) is 15.8 Å². The summed E-state index contributed by atoms with van der Waals surface area (Å²) in [5.41, 5.74) is 15.0. The first-order valence-corrected chi connectivity index (χ1v) is 17.0. The lowest BCUT2D eigenvalue weighted by Gasteiger charge is -2.36. The van der Waals surface area contributed by atoms with Crippen molar-refractivity contribution in [2.75, 3.05) is 11.4 Å². The van der Waals surface area contributed by atoms with E-state index in [2.05, 4.69) is 119 Å². The summed E-state index contributed by atoms with van der Waals surface area (Å²) in [4.78, 5) is 2.36. The molecule has 1 aliphatic carbocycles. The number of aromatic nitrogens is 1. The highest BCUT2D eigenvalue weighted by atomic mass is 15.1. The first-order chi connectivity index (χ1) is 25.1. The van der Waals surface area contributed by atoms with E-state index >= 15 is 0 Å². The molecule has 5 heteroatoms. The highest BCUT2D eigenvalue weighted by molar-refractivity contribution is 6.11. The third-order valence-electron chi connectivity index (χ3n) is 10.2. The average Bonchev–Trinajstić information content (AvgIpc) is 3.54. The van der Waals surface area contributed by atoms with Crippen molar-refractivity contribution < 1.29 is 0 Å². The molecule has 0 N–H and O–H groups in total. The number of hydrogen-bond acceptors (Lipinski definition) is 4. The molecule has 2 aliphatic rings. The third kappa shape index (κ3) is 4.90. The van der Waals surface area contributed by atoms with Crippen molar-refractivity contribution in [2.24, 2.45) is 0 Å². The summed E-state index contributed by atoms with van der Waals surface area (Å²) in [6.07, 6.45) is 6.63. The minimum Gasteiger partial charge on any atom is -0.336 e. The monoisotopic (exact) mass is 651 g/mol. The van der Waals surface area contributed by atoms with Crippen molar-refractivity contribution in [1.29, 1.82) is 15.8 Å². The van der Waals surface area contributed by atoms with Gasteiger partial charge in [0.2, 0.25) is 0 Å². The van der Waals surface area contributed by atoms with Gasteiger partial charge in [-0.05, 0) is 101 Å². The molecule has 238 valence electrons. The van der Waals surface area contributed by atoms with Crippen molar-refractivity contribution in [1.82, 2.24) is 4.57 Å². The first-order valence-electron chi connectivity index (χ1n) is 17.0. The van der Waals surface area contributed by atoms with E-state index in [0.29, 0.717) is 16.7 Å². The normalized spacial score (nSPS) is 13.4. The molecule has 0 spiro atoms. The molecule has 0 bridgehead atoms. The Kier molecular flexibility index (Phi) is 7.10. The highest BCUT2D eigenvalue weighted by Gasteiger charge is 2.27. The zero-order chi connectivity index (χ0) is 34.5. The Labute approximate surface area is 296 Å². The van der Waals surface area contributed by atoms with Crippen LogP contribution in [0.15, 0.2) is 145 Å². The van der Waals surface area contributed by atoms with Crippen molar-refractivity contribution in [3.8, 4) is 46.1 Å². The summed E-state index contributed by atoms with van der Waals surface area (Å²) in [7, 11) is 0. The number of nitriles is 3. The van der Waals surface area contributed by atoms with Crippen LogP contribution in [0.1, 0.15) is 35.1 Å². The maximum absolute atomic E-state index is 10.0. The molecule has 0 atom stereocenters. The number of hydrogen-bond donors (Lipinski definition) is 0. The highest BCUT2D eigenvalue weighted by Crippen LogP contribution is 2.46. The Morgan fingerprint density at radius 2 is 1.35 bits per heavy atom. The summed E-state index contributed by atoms with van der Waals surface area (Å²) in [6, 6.07) is 50.0. The van der Waals surface area contributed by atoms with Crippen LogP contribution in [-0.4, -0.2) is 11.1 Å². The van der Waals surface area contributed by atoms with Gasteiger partial charge in [-0.1, -0.05) is 78.9 Å². The molecule has 6 aromatic carbocycles. The van der Waals surface area contributed by atoms with Crippen LogP contribution in [0.25, 0.3) is 55.3 Å². The molecule has 0 amide bonds. The second-order valence-corrected chi connectivity index (χ2v) is 13.0. The summed E-state index contributed by atoms with van der Waals surface area (Å²) in [5.74, 6) is 0. The molecular weight excluding hydrogens is 623 g/mol. The zero-order valence-electron chi connectivity index (χ0n) is 27.6. The van der Waals surface area contributed by atoms with Crippen LogP contribution in [0.4, 0.5) is 11.4 Å². The fourth-order valence-electron chi connectivity index (χ4n) is 7.84. The average molecular weight is 652 g/mol. The zero-order valence-corrected chi connectivity index (χ0v) is 27.6. The van der Waals surface area contributed by atoms with Gasteiger partial charge in [-0.15, -0.1) is 0 Å². The number of para-hydroxylation sites is 2. The topological polar surface area (TPSA) is 79.5 Å². The van der Waals surface area contributed by atoms with E-state index in [9.17, 15) is 15.8 Å². The summed E-state index contributed by atoms with van der Waals surface area (Å²) < 4.78 is 2.12. The fourth-order valence-corrected chi connectivity index (χ4v) is 7.84. The molecule has 1 aromatic heterocycles. The van der Waals surface area contributed by atoms with Crippen molar-refractivity contribution in [2.45, 2.75) is 12.8 Å². The Morgan fingerprint density at radius 3 is 2.20 bits per heavy atom. The van der Waals surface area contributed by atoms with E-state index in [4.69, 9.17) is 0 Å². The molecular formula is C46H29N5. The molecule has 2 heterocycles. The lowest BCUT2D eigenvalue weighted by molar-refractivity contribution is 0.965. The molecule has 51 heavy (non-hydrogen) atoms. The molecule has 5 nitrogen and oxygen atoms in total. The number of rotatable bonds is 4. The van der Waals surface area contributed by atoms with E-state index in [1.165, 1.54) is 22.4 Å². The largest absolute Gasteiger partial charge is 0.336 e. The SMILES string of the molecule is N#Cc1ccc(-c2cccc(-c3ccc(-n4c5ccc(C#N)cc5c5cccc(C#N)c54)cc3)c2)c(N2CC3=C(CCC=C3)c3ccccc32)c1. The molecule has 9 rings (SSSR count). The molecule has 0 saturated carbocycles. The lowest BCUT2D eigenvalue weighted by Crippen LogP contribution is -2.26. The standard InChI is InChI=1S/C46H29N5/c47-26-30-16-22-44-42(23-30)41-13-6-10-35(28-49)46(41)51(44)37-19-17-32(18-20-37)33-8-5-9-34(25-33)39-21-15-31(27-48)24-45(39)50-29-36-7-1-2-11-38(36)40-12-3-4-14-43(40)50/h1,3-10,12-25H,2,11,29H2. The maximum atomic E-state index is 10.0. The Balaban J connectivity index is 1.13. The predicted molar refractivity (Wildman–Crippen MR) is 205 cm³/mol. The van der Waals surface area contributed by atoms with Gasteiger partial charge in [-0.25, -0.2) is 0 Å². The number of anilines is 2. The fraction of sp³-hybridized carbons (Fsp3) is 0.0652. The van der Waals surface area contributed by atoms with Gasteiger partial charge in [0.1, 0.15) is 6.07 Å². The van der Waals surface area contributed by atoms with Crippen molar-refractivity contribution in [3.63, 3.8) is 0 Å². The van der Waals surface area contributed by atoms with Gasteiger partial charge in [0.05, 0.1) is 45.5 Å². The van der Waals surface area contributed by atoms with E-state index in [0.717, 1.165) is 74.8 Å². The van der Waals surface area contributed by atoms with Crippen LogP contribution >= 0.6 is 0 Å². The number of nitrogens with zero attached hydrogens (tertiary/aromatic N) is 5. The maximum Gasteiger partial charge on any atom is 0.101 e. The minimum atomic E-state index is 0.584. The van der Waals surface area contributed by atoms with Gasteiger partial charge in [-0.3, -0.25) is 0 Å². The molecule has 7 aromatic rings. The van der Waals surface area contributed by atoms with Gasteiger partial charge in [0.15, 0.2) is 0 Å². The number of allylic oxidation sites excluding steroid dienone is 2. The molecule has 0 radical (unpaired) electrons. The second-order valence-electron chi connectivity index (χ2n) is 13.0. The number of fused-ring (bicyclic) bond motifs is 5. The van der Waals surface area contributed by atoms with Gasteiger partial charge >= 0.3 is 0 Å². The number of benzene rings is 6. The second kappa shape index (κ2) is 12.1. The van der Waals surface area contributed by atoms with Crippen LogP contribution < -0.4 is 4.90 Å². The minimum absolute atomic E-state index is 0.584. The van der Waals surface area contributed by atoms with Crippen molar-refractivity contribution in [3.05, 3.63) is 167 Å². The lowest BCUT2D eigenvalue weighted by atomic mass is 9.86. The van der Waals surface area contributed by atoms with E-state index in [1.54, 1.807) is 0 Å². The summed E-state index contributed by atoms with van der Waals surface area (Å²) in [6.45, 7) is 0.750. The Hall–Kier alpha value is -7.13. The summed E-state index contributed by atoms with van der Waals surface area (Å²) in [5, 5.41) is 31.4. The van der Waals surface area contributed by atoms with Gasteiger partial charge in [0, 0.05) is 39.8 Å². The predicted octanol–water partition coefficient (Wildman–Crippen LogP) is 11.0. The molecule has 0 fully saturated rings. The van der Waals surface area contributed by atoms with Crippen LogP contribution in [-0.2, 0) is 0 Å². The first kappa shape index (κ1) is 30.0. The van der Waals surface area contributed by atoms with E-state index in [-0.39, 0.29) is 0 Å². The van der Waals surface area contributed by atoms with E-state index < -0.39 is 0 Å². The van der Waals surface area contributed by atoms with E-state index in [1.807, 2.05) is 48.5 Å². The van der Waals surface area contributed by atoms with Crippen molar-refractivity contribution >= 4 is 38.8 Å². The van der Waals surface area contributed by atoms with Crippen LogP contribution in [0.5, 0.6) is 0 Å². The van der Waals surface area contributed by atoms with Crippen LogP contribution in [0.3, 0.4) is 0 Å².